The number of hydrogen-bond donors (Lipinski definition) is 0. The summed E-state index contributed by atoms with van der Waals surface area (Å²) in [6.07, 6.45) is 1.52. The molecule has 3 aromatic carbocycles. The number of allylic oxidation sites excluding steroid dienone is 1. The summed E-state index contributed by atoms with van der Waals surface area (Å²) in [5.74, 6) is 1.09. The number of fused-ring (bicyclic) bond motifs is 1. The van der Waals surface area contributed by atoms with Crippen LogP contribution in [0.1, 0.15) is 91.8 Å². The van der Waals surface area contributed by atoms with E-state index in [1.807, 2.05) is 45.0 Å². The fourth-order valence-electron chi connectivity index (χ4n) is 7.11. The zero-order valence-corrected chi connectivity index (χ0v) is 32.9. The summed E-state index contributed by atoms with van der Waals surface area (Å²) >= 11 is 0. The van der Waals surface area contributed by atoms with Crippen molar-refractivity contribution in [1.82, 2.24) is 4.90 Å². The summed E-state index contributed by atoms with van der Waals surface area (Å²) in [5, 5.41) is 2.36. The fourth-order valence-corrected chi connectivity index (χ4v) is 11.7. The van der Waals surface area contributed by atoms with Crippen molar-refractivity contribution >= 4 is 30.6 Å². The Kier molecular flexibility index (Phi) is 12.1. The van der Waals surface area contributed by atoms with Crippen LogP contribution in [0, 0.1) is 5.41 Å². The second kappa shape index (κ2) is 15.6. The first-order chi connectivity index (χ1) is 23.4. The number of carbonyl (C=O) groups excluding carboxylic acids is 2. The van der Waals surface area contributed by atoms with E-state index in [9.17, 15) is 9.59 Å². The molecule has 1 atom stereocenters. The van der Waals surface area contributed by atoms with Crippen LogP contribution in [0.3, 0.4) is 0 Å². The van der Waals surface area contributed by atoms with E-state index in [-0.39, 0.29) is 22.7 Å². The number of benzene rings is 3. The van der Waals surface area contributed by atoms with Crippen LogP contribution in [0.2, 0.25) is 5.04 Å². The number of Topliss-reactive ketones (excluding diaryl/α,β-unsaturated/α-hetero) is 1. The van der Waals surface area contributed by atoms with Crippen LogP contribution in [0.4, 0.5) is 4.79 Å². The molecule has 0 fully saturated rings. The minimum absolute atomic E-state index is 0.0767. The highest BCUT2D eigenvalue weighted by molar-refractivity contribution is 6.99. The molecule has 7 nitrogen and oxygen atoms in total. The lowest BCUT2D eigenvalue weighted by atomic mass is 9.80. The van der Waals surface area contributed by atoms with Gasteiger partial charge >= 0.3 is 6.09 Å². The number of rotatable bonds is 13. The van der Waals surface area contributed by atoms with Gasteiger partial charge in [-0.25, -0.2) is 4.79 Å². The van der Waals surface area contributed by atoms with Gasteiger partial charge in [0.05, 0.1) is 20.3 Å². The predicted molar refractivity (Wildman–Crippen MR) is 204 cm³/mol. The van der Waals surface area contributed by atoms with Gasteiger partial charge in [0.1, 0.15) is 5.60 Å². The molecule has 1 aliphatic heterocycles. The molecule has 0 spiro atoms. The van der Waals surface area contributed by atoms with Crippen molar-refractivity contribution in [2.24, 2.45) is 5.41 Å². The van der Waals surface area contributed by atoms with Gasteiger partial charge in [-0.1, -0.05) is 102 Å². The number of carbonyl (C=O) groups is 2. The van der Waals surface area contributed by atoms with Crippen molar-refractivity contribution in [2.75, 3.05) is 27.4 Å². The minimum atomic E-state index is -2.68. The van der Waals surface area contributed by atoms with E-state index in [0.29, 0.717) is 43.1 Å². The molecule has 0 radical (unpaired) electrons. The Labute approximate surface area is 301 Å². The Balaban J connectivity index is 1.54. The van der Waals surface area contributed by atoms with Crippen molar-refractivity contribution in [3.8, 4) is 11.5 Å². The lowest BCUT2D eigenvalue weighted by Crippen LogP contribution is -2.66. The highest BCUT2D eigenvalue weighted by Crippen LogP contribution is 2.42. The summed E-state index contributed by atoms with van der Waals surface area (Å²) in [6, 6.07) is 24.6. The predicted octanol–water partition coefficient (Wildman–Crippen LogP) is 8.44. The molecule has 4 rings (SSSR count). The van der Waals surface area contributed by atoms with Gasteiger partial charge in [0.25, 0.3) is 8.32 Å². The van der Waals surface area contributed by atoms with Crippen molar-refractivity contribution in [2.45, 2.75) is 97.8 Å². The normalized spacial score (nSPS) is 15.2. The Morgan fingerprint density at radius 3 is 1.88 bits per heavy atom. The van der Waals surface area contributed by atoms with E-state index in [4.69, 9.17) is 18.6 Å². The molecule has 50 heavy (non-hydrogen) atoms. The van der Waals surface area contributed by atoms with E-state index >= 15 is 0 Å². The Bertz CT molecular complexity index is 1600. The van der Waals surface area contributed by atoms with Gasteiger partial charge in [0.15, 0.2) is 17.3 Å². The molecular formula is C42H57NO6Si. The van der Waals surface area contributed by atoms with Gasteiger partial charge in [0, 0.05) is 19.6 Å². The Morgan fingerprint density at radius 1 is 0.840 bits per heavy atom. The lowest BCUT2D eigenvalue weighted by molar-refractivity contribution is -0.117. The van der Waals surface area contributed by atoms with Crippen molar-refractivity contribution in [1.29, 1.82) is 0 Å². The molecule has 270 valence electrons. The fraction of sp³-hybridized carbons (Fsp3) is 0.476. The first-order valence-electron chi connectivity index (χ1n) is 17.6. The quantitative estimate of drug-likeness (QED) is 0.132. The Morgan fingerprint density at radius 2 is 1.38 bits per heavy atom. The highest BCUT2D eigenvalue weighted by Gasteiger charge is 2.50. The van der Waals surface area contributed by atoms with Gasteiger partial charge in [-0.2, -0.15) is 0 Å². The van der Waals surface area contributed by atoms with E-state index < -0.39 is 26.1 Å². The molecule has 0 aromatic heterocycles. The van der Waals surface area contributed by atoms with Crippen LogP contribution in [-0.2, 0) is 20.4 Å². The summed E-state index contributed by atoms with van der Waals surface area (Å²) in [7, 11) is 0.505. The molecule has 1 amide bonds. The van der Waals surface area contributed by atoms with Crippen LogP contribution in [0.15, 0.2) is 84.9 Å². The number of amides is 1. The van der Waals surface area contributed by atoms with Crippen molar-refractivity contribution in [3.63, 3.8) is 0 Å². The van der Waals surface area contributed by atoms with Gasteiger partial charge in [-0.3, -0.25) is 4.79 Å². The second-order valence-corrected chi connectivity index (χ2v) is 20.5. The SMILES string of the molecule is C=C(CC(C)(C)CCO[Si](c1ccccc1)(c1ccccc1)C(C)(C)C)C(=O)C[C@@H]1c2cc(OC)c(OC)cc2CCN1C(=O)OC(C)(C)C. The molecule has 0 saturated heterocycles. The number of ketones is 1. The molecule has 0 N–H and O–H groups in total. The molecule has 3 aromatic rings. The van der Waals surface area contributed by atoms with Crippen LogP contribution in [-0.4, -0.2) is 58.1 Å². The van der Waals surface area contributed by atoms with Crippen LogP contribution >= 0.6 is 0 Å². The number of hydrogen-bond acceptors (Lipinski definition) is 6. The third-order valence-electron chi connectivity index (χ3n) is 9.61. The molecular weight excluding hydrogens is 643 g/mol. The molecule has 1 heterocycles. The third kappa shape index (κ3) is 8.88. The average molecular weight is 700 g/mol. The topological polar surface area (TPSA) is 74.3 Å². The maximum Gasteiger partial charge on any atom is 0.410 e. The van der Waals surface area contributed by atoms with Gasteiger partial charge in [-0.05, 0) is 89.7 Å². The lowest BCUT2D eigenvalue weighted by Gasteiger charge is -2.43. The second-order valence-electron chi connectivity index (χ2n) is 16.2. The smallest absolute Gasteiger partial charge is 0.410 e. The number of nitrogens with zero attached hydrogens (tertiary/aromatic N) is 1. The molecule has 0 aliphatic carbocycles. The highest BCUT2D eigenvalue weighted by atomic mass is 28.4. The summed E-state index contributed by atoms with van der Waals surface area (Å²) < 4.78 is 24.1. The standard InChI is InChI=1S/C42H57NO6Si/c1-30(29-42(8,9)23-25-48-50(41(5,6)7,32-18-14-12-15-19-32)33-20-16-13-17-21-33)36(44)28-35-34-27-38(47-11)37(46-10)26-31(34)22-24-43(35)39(45)49-40(2,3)4/h12-21,26-27,35H,1,22-25,28-29H2,2-11H3/t35-/m1/s1. The monoisotopic (exact) mass is 699 g/mol. The average Bonchev–Trinajstić information content (AvgIpc) is 3.05. The van der Waals surface area contributed by atoms with E-state index in [0.717, 1.165) is 17.5 Å². The van der Waals surface area contributed by atoms with Crippen LogP contribution in [0.5, 0.6) is 11.5 Å². The van der Waals surface area contributed by atoms with Crippen molar-refractivity contribution < 1.29 is 28.2 Å². The first-order valence-corrected chi connectivity index (χ1v) is 19.5. The molecule has 1 aliphatic rings. The third-order valence-corrected chi connectivity index (χ3v) is 14.7. The van der Waals surface area contributed by atoms with Crippen molar-refractivity contribution in [3.05, 3.63) is 96.1 Å². The zero-order valence-electron chi connectivity index (χ0n) is 31.9. The van der Waals surface area contributed by atoms with Gasteiger partial charge in [-0.15, -0.1) is 0 Å². The van der Waals surface area contributed by atoms with Gasteiger partial charge in [0.2, 0.25) is 0 Å². The summed E-state index contributed by atoms with van der Waals surface area (Å²) in [4.78, 5) is 29.1. The summed E-state index contributed by atoms with van der Waals surface area (Å²) in [5.41, 5.74) is 1.49. The maximum atomic E-state index is 14.0. The molecule has 0 bridgehead atoms. The zero-order chi connectivity index (χ0) is 36.9. The number of methoxy groups -OCH3 is 2. The van der Waals surface area contributed by atoms with E-state index in [2.05, 4.69) is 89.7 Å². The maximum absolute atomic E-state index is 14.0. The van der Waals surface area contributed by atoms with Crippen LogP contribution < -0.4 is 19.8 Å². The largest absolute Gasteiger partial charge is 0.493 e. The van der Waals surface area contributed by atoms with E-state index in [1.54, 1.807) is 19.1 Å². The first kappa shape index (κ1) is 38.9. The Hall–Kier alpha value is -3.88. The van der Waals surface area contributed by atoms with Gasteiger partial charge < -0.3 is 23.5 Å². The molecule has 0 unspecified atom stereocenters. The molecule has 8 heteroatoms. The van der Waals surface area contributed by atoms with Crippen LogP contribution in [0.25, 0.3) is 0 Å². The van der Waals surface area contributed by atoms with E-state index in [1.165, 1.54) is 10.4 Å². The molecule has 0 saturated carbocycles. The minimum Gasteiger partial charge on any atom is -0.493 e. The summed E-state index contributed by atoms with van der Waals surface area (Å²) in [6.45, 7) is 22.0. The number of ether oxygens (including phenoxy) is 3.